The van der Waals surface area contributed by atoms with E-state index in [-0.39, 0.29) is 24.0 Å². The number of amides is 1. The van der Waals surface area contributed by atoms with Crippen LogP contribution in [0, 0.1) is 13.8 Å². The second-order valence-corrected chi connectivity index (χ2v) is 8.66. The Morgan fingerprint density at radius 3 is 2.42 bits per heavy atom. The summed E-state index contributed by atoms with van der Waals surface area (Å²) in [6.45, 7) is 4.04. The first-order valence-corrected chi connectivity index (χ1v) is 12.0. The van der Waals surface area contributed by atoms with E-state index in [2.05, 4.69) is 45.8 Å². The molecular weight excluding hydrogens is 510 g/mol. The van der Waals surface area contributed by atoms with E-state index < -0.39 is 11.9 Å². The molecule has 2 aromatic carbocycles. The molecule has 1 N–H and O–H groups in total. The molecular formula is C28H26ClN3O6. The zero-order valence-electron chi connectivity index (χ0n) is 21.1. The molecule has 0 radical (unpaired) electrons. The largest absolute Gasteiger partial charge is 0.486 e. The van der Waals surface area contributed by atoms with E-state index >= 15 is 0 Å². The lowest BCUT2D eigenvalue weighted by Gasteiger charge is -2.10. The third-order valence-electron chi connectivity index (χ3n) is 5.54. The second kappa shape index (κ2) is 12.2. The Bertz CT molecular complexity index is 1440. The van der Waals surface area contributed by atoms with Crippen LogP contribution < -0.4 is 14.9 Å². The Morgan fingerprint density at radius 2 is 1.74 bits per heavy atom. The number of esters is 1. The van der Waals surface area contributed by atoms with Crippen LogP contribution in [0.15, 0.2) is 76.2 Å². The predicted octanol–water partition coefficient (Wildman–Crippen LogP) is 5.24. The first kappa shape index (κ1) is 26.6. The minimum Gasteiger partial charge on any atom is -0.486 e. The number of carbonyl (C=O) groups excluding carboxylic acids is 2. The molecule has 0 atom stereocenters. The van der Waals surface area contributed by atoms with Crippen LogP contribution >= 0.6 is 11.6 Å². The van der Waals surface area contributed by atoms with Gasteiger partial charge in [0.15, 0.2) is 12.4 Å². The van der Waals surface area contributed by atoms with Crippen molar-refractivity contribution in [1.82, 2.24) is 9.99 Å². The van der Waals surface area contributed by atoms with Crippen molar-refractivity contribution in [2.45, 2.75) is 20.5 Å². The van der Waals surface area contributed by atoms with Crippen LogP contribution in [0.1, 0.15) is 33.3 Å². The highest BCUT2D eigenvalue weighted by atomic mass is 35.5. The van der Waals surface area contributed by atoms with Crippen LogP contribution in [0.25, 0.3) is 5.69 Å². The molecule has 0 saturated carbocycles. The fourth-order valence-electron chi connectivity index (χ4n) is 3.63. The maximum absolute atomic E-state index is 12.4. The van der Waals surface area contributed by atoms with E-state index in [0.29, 0.717) is 22.8 Å². The molecule has 4 aromatic rings. The number of methoxy groups -OCH3 is 1. The highest BCUT2D eigenvalue weighted by molar-refractivity contribution is 6.32. The summed E-state index contributed by atoms with van der Waals surface area (Å²) < 4.78 is 23.3. The molecule has 0 bridgehead atoms. The molecule has 196 valence electrons. The van der Waals surface area contributed by atoms with E-state index in [1.54, 1.807) is 30.3 Å². The minimum absolute atomic E-state index is 0.0965. The molecule has 0 unspecified atom stereocenters. The van der Waals surface area contributed by atoms with Crippen LogP contribution in [0.2, 0.25) is 5.02 Å². The van der Waals surface area contributed by atoms with Gasteiger partial charge in [-0.15, -0.1) is 0 Å². The molecule has 2 aromatic heterocycles. The SMILES string of the molecule is COC(=O)COc1ccc(/C=N/NC(=O)c2ccc(COc3ccc(-n4c(C)ccc4C)cc3)o2)cc1Cl. The lowest BCUT2D eigenvalue weighted by molar-refractivity contribution is -0.142. The number of ether oxygens (including phenoxy) is 3. The number of halogens is 1. The lowest BCUT2D eigenvalue weighted by atomic mass is 10.2. The monoisotopic (exact) mass is 535 g/mol. The Labute approximate surface area is 224 Å². The molecule has 2 heterocycles. The van der Waals surface area contributed by atoms with Gasteiger partial charge in [-0.3, -0.25) is 4.79 Å². The molecule has 0 fully saturated rings. The molecule has 10 heteroatoms. The van der Waals surface area contributed by atoms with Crippen molar-refractivity contribution in [3.05, 3.63) is 100 Å². The summed E-state index contributed by atoms with van der Waals surface area (Å²) >= 11 is 6.16. The Kier molecular flexibility index (Phi) is 8.50. The average Bonchev–Trinajstić information content (AvgIpc) is 3.53. The standard InChI is InChI=1S/C28H26ClN3O6/c1-18-4-5-19(2)32(18)21-7-9-22(10-8-21)36-16-23-11-13-26(38-23)28(34)31-30-15-20-6-12-25(24(29)14-20)37-17-27(33)35-3/h4-15H,16-17H2,1-3H3,(H,31,34)/b30-15+. The number of carbonyl (C=O) groups is 2. The van der Waals surface area contributed by atoms with Crippen molar-refractivity contribution in [3.8, 4) is 17.2 Å². The number of hydrogen-bond donors (Lipinski definition) is 1. The number of benzene rings is 2. The van der Waals surface area contributed by atoms with Gasteiger partial charge in [-0.25, -0.2) is 10.2 Å². The maximum Gasteiger partial charge on any atom is 0.343 e. The van der Waals surface area contributed by atoms with Crippen LogP contribution in [-0.4, -0.2) is 36.4 Å². The summed E-state index contributed by atoms with van der Waals surface area (Å²) in [5.74, 6) is 0.566. The number of aryl methyl sites for hydroxylation is 2. The summed E-state index contributed by atoms with van der Waals surface area (Å²) in [6.07, 6.45) is 1.42. The highest BCUT2D eigenvalue weighted by Crippen LogP contribution is 2.25. The number of nitrogens with zero attached hydrogens (tertiary/aromatic N) is 2. The van der Waals surface area contributed by atoms with Gasteiger partial charge in [0.1, 0.15) is 23.9 Å². The quantitative estimate of drug-likeness (QED) is 0.169. The predicted molar refractivity (Wildman–Crippen MR) is 142 cm³/mol. The zero-order valence-corrected chi connectivity index (χ0v) is 21.8. The normalized spacial score (nSPS) is 10.9. The van der Waals surface area contributed by atoms with Crippen LogP contribution in [0.5, 0.6) is 11.5 Å². The number of furan rings is 1. The molecule has 9 nitrogen and oxygen atoms in total. The number of hydrogen-bond acceptors (Lipinski definition) is 7. The third kappa shape index (κ3) is 6.63. The van der Waals surface area contributed by atoms with Crippen molar-refractivity contribution in [3.63, 3.8) is 0 Å². The summed E-state index contributed by atoms with van der Waals surface area (Å²) in [7, 11) is 1.27. The minimum atomic E-state index is -0.519. The number of nitrogens with one attached hydrogen (secondary N) is 1. The van der Waals surface area contributed by atoms with E-state index in [4.69, 9.17) is 25.5 Å². The molecule has 38 heavy (non-hydrogen) atoms. The smallest absolute Gasteiger partial charge is 0.343 e. The van der Waals surface area contributed by atoms with Crippen molar-refractivity contribution >= 4 is 29.7 Å². The average molecular weight is 536 g/mol. The van der Waals surface area contributed by atoms with Crippen LogP contribution in [-0.2, 0) is 16.1 Å². The van der Waals surface area contributed by atoms with Gasteiger partial charge >= 0.3 is 11.9 Å². The van der Waals surface area contributed by atoms with Gasteiger partial charge in [0.05, 0.1) is 18.3 Å². The summed E-state index contributed by atoms with van der Waals surface area (Å²) in [6, 6.07) is 20.0. The van der Waals surface area contributed by atoms with Gasteiger partial charge in [-0.05, 0) is 86.1 Å². The molecule has 4 rings (SSSR count). The topological polar surface area (TPSA) is 104 Å². The Balaban J connectivity index is 1.27. The first-order valence-electron chi connectivity index (χ1n) is 11.6. The first-order chi connectivity index (χ1) is 18.3. The van der Waals surface area contributed by atoms with Gasteiger partial charge in [0, 0.05) is 17.1 Å². The van der Waals surface area contributed by atoms with Gasteiger partial charge in [-0.1, -0.05) is 11.6 Å². The van der Waals surface area contributed by atoms with E-state index in [9.17, 15) is 9.59 Å². The molecule has 0 saturated heterocycles. The van der Waals surface area contributed by atoms with E-state index in [0.717, 1.165) is 17.1 Å². The van der Waals surface area contributed by atoms with Gasteiger partial charge in [0.2, 0.25) is 0 Å². The van der Waals surface area contributed by atoms with Gasteiger partial charge in [0.25, 0.3) is 0 Å². The van der Waals surface area contributed by atoms with E-state index in [1.807, 2.05) is 24.3 Å². The van der Waals surface area contributed by atoms with Crippen molar-refractivity contribution in [2.75, 3.05) is 13.7 Å². The van der Waals surface area contributed by atoms with Crippen molar-refractivity contribution in [2.24, 2.45) is 5.10 Å². The molecule has 0 aliphatic heterocycles. The Morgan fingerprint density at radius 1 is 1.00 bits per heavy atom. The van der Waals surface area contributed by atoms with Crippen LogP contribution in [0.4, 0.5) is 0 Å². The number of hydrazone groups is 1. The third-order valence-corrected chi connectivity index (χ3v) is 5.84. The molecule has 0 aliphatic carbocycles. The summed E-state index contributed by atoms with van der Waals surface area (Å²) in [4.78, 5) is 23.6. The summed E-state index contributed by atoms with van der Waals surface area (Å²) in [5.41, 5.74) is 6.39. The molecule has 0 spiro atoms. The highest BCUT2D eigenvalue weighted by Gasteiger charge is 2.12. The van der Waals surface area contributed by atoms with Crippen molar-refractivity contribution < 1.29 is 28.2 Å². The zero-order chi connectivity index (χ0) is 27.1. The Hall–Kier alpha value is -4.50. The lowest BCUT2D eigenvalue weighted by Crippen LogP contribution is -2.16. The molecule has 1 amide bonds. The van der Waals surface area contributed by atoms with Gasteiger partial charge in [-0.2, -0.15) is 5.10 Å². The summed E-state index contributed by atoms with van der Waals surface area (Å²) in [5, 5.41) is 4.21. The van der Waals surface area contributed by atoms with E-state index in [1.165, 1.54) is 13.3 Å². The number of aromatic nitrogens is 1. The fourth-order valence-corrected chi connectivity index (χ4v) is 3.87. The second-order valence-electron chi connectivity index (χ2n) is 8.25. The van der Waals surface area contributed by atoms with Gasteiger partial charge < -0.3 is 23.2 Å². The van der Waals surface area contributed by atoms with Crippen LogP contribution in [0.3, 0.4) is 0 Å². The fraction of sp³-hybridized carbons (Fsp3) is 0.179. The number of rotatable bonds is 10. The molecule has 0 aliphatic rings. The maximum atomic E-state index is 12.4. The van der Waals surface area contributed by atoms with Crippen molar-refractivity contribution in [1.29, 1.82) is 0 Å².